The first-order chi connectivity index (χ1) is 9.62. The summed E-state index contributed by atoms with van der Waals surface area (Å²) in [5.74, 6) is -0.827. The number of nitrogens with zero attached hydrogens (tertiary/aromatic N) is 2. The number of morpholine rings is 1. The number of rotatable bonds is 5. The fourth-order valence-electron chi connectivity index (χ4n) is 2.76. The standard InChI is InChI=1S/C15H28N2O4/c1-11(2)17(8-6-7-13(18)19)14(20)16-9-12(3)21-15(4,5)10-16/h11-12H,6-10H2,1-5H3,(H,18,19). The number of carbonyl (C=O) groups is 2. The molecule has 0 radical (unpaired) electrons. The first kappa shape index (κ1) is 17.8. The van der Waals surface area contributed by atoms with Gasteiger partial charge in [-0.25, -0.2) is 4.79 Å². The van der Waals surface area contributed by atoms with Crippen molar-refractivity contribution >= 4 is 12.0 Å². The molecule has 1 aliphatic heterocycles. The van der Waals surface area contributed by atoms with Crippen molar-refractivity contribution in [1.29, 1.82) is 0 Å². The van der Waals surface area contributed by atoms with Crippen molar-refractivity contribution < 1.29 is 19.4 Å². The first-order valence-electron chi connectivity index (χ1n) is 7.57. The molecule has 1 atom stereocenters. The van der Waals surface area contributed by atoms with Crippen LogP contribution in [0.15, 0.2) is 0 Å². The minimum atomic E-state index is -0.827. The number of aliphatic carboxylic acids is 1. The fourth-order valence-corrected chi connectivity index (χ4v) is 2.76. The van der Waals surface area contributed by atoms with Crippen LogP contribution in [0.25, 0.3) is 0 Å². The van der Waals surface area contributed by atoms with Gasteiger partial charge in [-0.3, -0.25) is 4.79 Å². The molecule has 1 saturated heterocycles. The Balaban J connectivity index is 2.69. The summed E-state index contributed by atoms with van der Waals surface area (Å²) in [6.45, 7) is 11.4. The minimum absolute atomic E-state index is 0.00531. The number of carboxylic acid groups (broad SMARTS) is 1. The second-order valence-corrected chi connectivity index (χ2v) is 6.64. The van der Waals surface area contributed by atoms with Crippen LogP contribution in [0.2, 0.25) is 0 Å². The molecular weight excluding hydrogens is 272 g/mol. The molecule has 2 amide bonds. The van der Waals surface area contributed by atoms with Crippen molar-refractivity contribution in [2.75, 3.05) is 19.6 Å². The Kier molecular flexibility index (Phi) is 6.01. The maximum Gasteiger partial charge on any atom is 0.320 e. The molecule has 6 heteroatoms. The molecule has 21 heavy (non-hydrogen) atoms. The van der Waals surface area contributed by atoms with Gasteiger partial charge in [0, 0.05) is 25.6 Å². The van der Waals surface area contributed by atoms with Gasteiger partial charge in [-0.1, -0.05) is 0 Å². The number of hydrogen-bond donors (Lipinski definition) is 1. The second kappa shape index (κ2) is 7.11. The highest BCUT2D eigenvalue weighted by Crippen LogP contribution is 2.22. The summed E-state index contributed by atoms with van der Waals surface area (Å²) in [5.41, 5.74) is -0.350. The Morgan fingerprint density at radius 3 is 2.52 bits per heavy atom. The maximum atomic E-state index is 12.7. The highest BCUT2D eigenvalue weighted by atomic mass is 16.5. The van der Waals surface area contributed by atoms with Crippen molar-refractivity contribution in [3.05, 3.63) is 0 Å². The molecule has 6 nitrogen and oxygen atoms in total. The average Bonchev–Trinajstić information content (AvgIpc) is 2.30. The summed E-state index contributed by atoms with van der Waals surface area (Å²) in [6, 6.07) is 0.0196. The topological polar surface area (TPSA) is 70.1 Å². The maximum absolute atomic E-state index is 12.7. The molecule has 1 rings (SSSR count). The predicted octanol–water partition coefficient (Wildman–Crippen LogP) is 2.18. The highest BCUT2D eigenvalue weighted by Gasteiger charge is 2.35. The average molecular weight is 300 g/mol. The summed E-state index contributed by atoms with van der Waals surface area (Å²) in [5, 5.41) is 8.73. The molecule has 0 aromatic rings. The van der Waals surface area contributed by atoms with Gasteiger partial charge in [-0.05, 0) is 41.0 Å². The van der Waals surface area contributed by atoms with Gasteiger partial charge in [-0.2, -0.15) is 0 Å². The van der Waals surface area contributed by atoms with E-state index in [1.54, 1.807) is 4.90 Å². The molecule has 0 aliphatic carbocycles. The monoisotopic (exact) mass is 300 g/mol. The third-order valence-corrected chi connectivity index (χ3v) is 3.50. The zero-order chi connectivity index (χ0) is 16.2. The van der Waals surface area contributed by atoms with E-state index in [0.717, 1.165) is 0 Å². The number of amides is 2. The van der Waals surface area contributed by atoms with Gasteiger partial charge in [0.25, 0.3) is 0 Å². The van der Waals surface area contributed by atoms with Crippen LogP contribution in [0.1, 0.15) is 47.5 Å². The van der Waals surface area contributed by atoms with E-state index in [1.165, 1.54) is 0 Å². The van der Waals surface area contributed by atoms with Crippen LogP contribution in [0.4, 0.5) is 4.79 Å². The molecule has 1 heterocycles. The Morgan fingerprint density at radius 2 is 2.05 bits per heavy atom. The smallest absolute Gasteiger partial charge is 0.320 e. The van der Waals surface area contributed by atoms with E-state index in [9.17, 15) is 9.59 Å². The Labute approximate surface area is 127 Å². The van der Waals surface area contributed by atoms with E-state index in [1.807, 2.05) is 39.5 Å². The molecule has 0 saturated carbocycles. The van der Waals surface area contributed by atoms with Crippen LogP contribution >= 0.6 is 0 Å². The van der Waals surface area contributed by atoms with Gasteiger partial charge in [0.15, 0.2) is 0 Å². The first-order valence-corrected chi connectivity index (χ1v) is 7.57. The Bertz CT molecular complexity index is 382. The summed E-state index contributed by atoms with van der Waals surface area (Å²) in [4.78, 5) is 26.9. The molecule has 1 aliphatic rings. The van der Waals surface area contributed by atoms with Crippen LogP contribution in [-0.4, -0.2) is 64.3 Å². The zero-order valence-electron chi connectivity index (χ0n) is 13.8. The molecule has 0 aromatic carbocycles. The summed E-state index contributed by atoms with van der Waals surface area (Å²) in [6.07, 6.45) is 0.565. The SMILES string of the molecule is CC1CN(C(=O)N(CCCC(=O)O)C(C)C)CC(C)(C)O1. The van der Waals surface area contributed by atoms with Crippen molar-refractivity contribution in [3.63, 3.8) is 0 Å². The molecule has 0 bridgehead atoms. The summed E-state index contributed by atoms with van der Waals surface area (Å²) >= 11 is 0. The third kappa shape index (κ3) is 5.53. The quantitative estimate of drug-likeness (QED) is 0.845. The molecule has 0 spiro atoms. The van der Waals surface area contributed by atoms with Gasteiger partial charge in [0.05, 0.1) is 18.2 Å². The van der Waals surface area contributed by atoms with E-state index in [-0.39, 0.29) is 30.2 Å². The van der Waals surface area contributed by atoms with Gasteiger partial charge in [0.2, 0.25) is 0 Å². The summed E-state index contributed by atoms with van der Waals surface area (Å²) in [7, 11) is 0. The second-order valence-electron chi connectivity index (χ2n) is 6.64. The number of carbonyl (C=O) groups excluding carboxylic acids is 1. The van der Waals surface area contributed by atoms with Crippen LogP contribution < -0.4 is 0 Å². The fraction of sp³-hybridized carbons (Fsp3) is 0.867. The van der Waals surface area contributed by atoms with Crippen molar-refractivity contribution in [2.45, 2.75) is 65.2 Å². The zero-order valence-corrected chi connectivity index (χ0v) is 13.8. The lowest BCUT2D eigenvalue weighted by Gasteiger charge is -2.44. The lowest BCUT2D eigenvalue weighted by molar-refractivity contribution is -0.137. The van der Waals surface area contributed by atoms with E-state index in [4.69, 9.17) is 9.84 Å². The van der Waals surface area contributed by atoms with Crippen LogP contribution in [0.5, 0.6) is 0 Å². The van der Waals surface area contributed by atoms with E-state index < -0.39 is 5.97 Å². The number of hydrogen-bond acceptors (Lipinski definition) is 3. The van der Waals surface area contributed by atoms with Gasteiger partial charge in [0.1, 0.15) is 0 Å². The van der Waals surface area contributed by atoms with Crippen LogP contribution in [0.3, 0.4) is 0 Å². The van der Waals surface area contributed by atoms with Crippen LogP contribution in [0, 0.1) is 0 Å². The van der Waals surface area contributed by atoms with Gasteiger partial charge < -0.3 is 19.6 Å². The Morgan fingerprint density at radius 1 is 1.43 bits per heavy atom. The predicted molar refractivity (Wildman–Crippen MR) is 80.3 cm³/mol. The number of ether oxygens (including phenoxy) is 1. The molecular formula is C15H28N2O4. The number of carboxylic acids is 1. The minimum Gasteiger partial charge on any atom is -0.481 e. The lowest BCUT2D eigenvalue weighted by atomic mass is 10.1. The highest BCUT2D eigenvalue weighted by molar-refractivity contribution is 5.75. The van der Waals surface area contributed by atoms with Gasteiger partial charge in [-0.15, -0.1) is 0 Å². The van der Waals surface area contributed by atoms with E-state index >= 15 is 0 Å². The third-order valence-electron chi connectivity index (χ3n) is 3.50. The number of urea groups is 1. The van der Waals surface area contributed by atoms with E-state index in [0.29, 0.717) is 26.1 Å². The van der Waals surface area contributed by atoms with E-state index in [2.05, 4.69) is 0 Å². The van der Waals surface area contributed by atoms with Crippen molar-refractivity contribution in [1.82, 2.24) is 9.80 Å². The van der Waals surface area contributed by atoms with Gasteiger partial charge >= 0.3 is 12.0 Å². The normalized spacial score (nSPS) is 21.4. The van der Waals surface area contributed by atoms with Crippen molar-refractivity contribution in [2.24, 2.45) is 0 Å². The molecule has 0 aromatic heterocycles. The molecule has 1 unspecified atom stereocenters. The summed E-state index contributed by atoms with van der Waals surface area (Å²) < 4.78 is 5.82. The largest absolute Gasteiger partial charge is 0.481 e. The molecule has 1 N–H and O–H groups in total. The lowest BCUT2D eigenvalue weighted by Crippen LogP contribution is -2.58. The van der Waals surface area contributed by atoms with Crippen molar-refractivity contribution in [3.8, 4) is 0 Å². The molecule has 1 fully saturated rings. The molecule has 122 valence electrons. The van der Waals surface area contributed by atoms with Crippen LogP contribution in [-0.2, 0) is 9.53 Å². The Hall–Kier alpha value is -1.30.